The number of benzene rings is 1. The third-order valence-electron chi connectivity index (χ3n) is 3.98. The number of thiocarbonyl (C=S) groups is 1. The lowest BCUT2D eigenvalue weighted by atomic mass is 10.1. The second kappa shape index (κ2) is 6.85. The molecule has 2 aromatic rings. The fourth-order valence-corrected chi connectivity index (χ4v) is 3.99. The summed E-state index contributed by atoms with van der Waals surface area (Å²) in [5.41, 5.74) is 4.03. The minimum Gasteiger partial charge on any atom is -0.480 e. The van der Waals surface area contributed by atoms with E-state index in [0.29, 0.717) is 4.91 Å². The molecular weight excluding hydrogens is 356 g/mol. The summed E-state index contributed by atoms with van der Waals surface area (Å²) in [5.74, 6) is -1.44. The van der Waals surface area contributed by atoms with Gasteiger partial charge in [0.25, 0.3) is 5.91 Å². The minimum atomic E-state index is -1.08. The second-order valence-corrected chi connectivity index (χ2v) is 7.35. The number of thioether (sulfide) groups is 1. The first-order valence-corrected chi connectivity index (χ1v) is 8.82. The van der Waals surface area contributed by atoms with Gasteiger partial charge in [0.15, 0.2) is 0 Å². The molecule has 0 bridgehead atoms. The van der Waals surface area contributed by atoms with E-state index in [1.807, 2.05) is 50.4 Å². The number of hydrogen-bond donors (Lipinski definition) is 1. The van der Waals surface area contributed by atoms with Gasteiger partial charge in [0, 0.05) is 17.6 Å². The van der Waals surface area contributed by atoms with Crippen molar-refractivity contribution in [2.24, 2.45) is 0 Å². The molecule has 1 aromatic carbocycles. The van der Waals surface area contributed by atoms with Crippen LogP contribution in [-0.2, 0) is 9.59 Å². The number of amides is 1. The van der Waals surface area contributed by atoms with Crippen LogP contribution in [0.15, 0.2) is 41.4 Å². The maximum Gasteiger partial charge on any atom is 0.323 e. The van der Waals surface area contributed by atoms with E-state index in [2.05, 4.69) is 4.57 Å². The Morgan fingerprint density at radius 3 is 2.60 bits per heavy atom. The van der Waals surface area contributed by atoms with Crippen LogP contribution in [0.3, 0.4) is 0 Å². The van der Waals surface area contributed by atoms with Gasteiger partial charge in [0.1, 0.15) is 10.9 Å². The highest BCUT2D eigenvalue weighted by atomic mass is 32.2. The number of hydrogen-bond acceptors (Lipinski definition) is 4. The van der Waals surface area contributed by atoms with E-state index in [1.165, 1.54) is 0 Å². The molecule has 5 nitrogen and oxygen atoms in total. The molecule has 2 heterocycles. The molecule has 25 heavy (non-hydrogen) atoms. The Morgan fingerprint density at radius 1 is 1.28 bits per heavy atom. The summed E-state index contributed by atoms with van der Waals surface area (Å²) in [5, 5.41) is 8.92. The highest BCUT2D eigenvalue weighted by Gasteiger charge is 2.33. The molecule has 1 fully saturated rings. The summed E-state index contributed by atoms with van der Waals surface area (Å²) in [6.45, 7) is 3.56. The van der Waals surface area contributed by atoms with Crippen LogP contribution >= 0.6 is 24.0 Å². The first-order valence-electron chi connectivity index (χ1n) is 7.59. The quantitative estimate of drug-likeness (QED) is 0.658. The maximum absolute atomic E-state index is 12.4. The standard InChI is InChI=1S/C18H16N2O3S2/c1-11-9-19(13-6-4-3-5-7-13)12(2)14(11)8-15-17(23)20(10-16(21)22)18(24)25-15/h3-9H,10H2,1-2H3,(H,21,22). The van der Waals surface area contributed by atoms with Crippen LogP contribution in [0.2, 0.25) is 0 Å². The number of aromatic nitrogens is 1. The summed E-state index contributed by atoms with van der Waals surface area (Å²) >= 11 is 6.27. The van der Waals surface area contributed by atoms with Crippen LogP contribution in [0, 0.1) is 13.8 Å². The van der Waals surface area contributed by atoms with E-state index in [9.17, 15) is 9.59 Å². The zero-order valence-corrected chi connectivity index (χ0v) is 15.4. The van der Waals surface area contributed by atoms with Crippen LogP contribution in [0.4, 0.5) is 0 Å². The summed E-state index contributed by atoms with van der Waals surface area (Å²) < 4.78 is 2.34. The number of carbonyl (C=O) groups is 2. The van der Waals surface area contributed by atoms with Gasteiger partial charge in [0.2, 0.25) is 0 Å². The molecule has 1 amide bonds. The van der Waals surface area contributed by atoms with Gasteiger partial charge in [-0.2, -0.15) is 0 Å². The Balaban J connectivity index is 1.97. The monoisotopic (exact) mass is 372 g/mol. The molecule has 128 valence electrons. The molecule has 0 spiro atoms. The summed E-state index contributed by atoms with van der Waals surface area (Å²) in [6, 6.07) is 9.94. The zero-order chi connectivity index (χ0) is 18.1. The smallest absolute Gasteiger partial charge is 0.323 e. The Bertz CT molecular complexity index is 901. The molecule has 1 aliphatic rings. The van der Waals surface area contributed by atoms with Crippen LogP contribution in [0.25, 0.3) is 11.8 Å². The largest absolute Gasteiger partial charge is 0.480 e. The van der Waals surface area contributed by atoms with Crippen molar-refractivity contribution < 1.29 is 14.7 Å². The minimum absolute atomic E-state index is 0.274. The molecule has 1 N–H and O–H groups in total. The third-order valence-corrected chi connectivity index (χ3v) is 5.35. The van der Waals surface area contributed by atoms with E-state index < -0.39 is 12.5 Å². The molecular formula is C18H16N2O3S2. The number of carbonyl (C=O) groups excluding carboxylic acids is 1. The molecule has 1 aliphatic heterocycles. The lowest BCUT2D eigenvalue weighted by Gasteiger charge is -2.10. The van der Waals surface area contributed by atoms with Crippen molar-refractivity contribution in [3.8, 4) is 5.69 Å². The van der Waals surface area contributed by atoms with Crippen molar-refractivity contribution in [3.05, 3.63) is 58.3 Å². The van der Waals surface area contributed by atoms with E-state index in [-0.39, 0.29) is 10.2 Å². The molecule has 0 atom stereocenters. The average Bonchev–Trinajstić information content (AvgIpc) is 3.00. The SMILES string of the molecule is Cc1cn(-c2ccccc2)c(C)c1C=C1SC(=S)N(CC(=O)O)C1=O. The van der Waals surface area contributed by atoms with Crippen molar-refractivity contribution in [1.29, 1.82) is 0 Å². The van der Waals surface area contributed by atoms with Crippen molar-refractivity contribution >= 4 is 46.3 Å². The van der Waals surface area contributed by atoms with E-state index >= 15 is 0 Å². The van der Waals surface area contributed by atoms with Gasteiger partial charge in [0.05, 0.1) is 4.91 Å². The van der Waals surface area contributed by atoms with Gasteiger partial charge in [-0.15, -0.1) is 0 Å². The number of carboxylic acids is 1. The summed E-state index contributed by atoms with van der Waals surface area (Å²) in [4.78, 5) is 24.9. The fraction of sp³-hybridized carbons (Fsp3) is 0.167. The lowest BCUT2D eigenvalue weighted by Crippen LogP contribution is -2.33. The molecule has 1 saturated heterocycles. The first-order chi connectivity index (χ1) is 11.9. The van der Waals surface area contributed by atoms with Crippen LogP contribution < -0.4 is 0 Å². The van der Waals surface area contributed by atoms with Gasteiger partial charge in [-0.05, 0) is 43.2 Å². The maximum atomic E-state index is 12.4. The Kier molecular flexibility index (Phi) is 4.78. The van der Waals surface area contributed by atoms with Crippen molar-refractivity contribution in [1.82, 2.24) is 9.47 Å². The van der Waals surface area contributed by atoms with Crippen molar-refractivity contribution in [2.45, 2.75) is 13.8 Å². The predicted molar refractivity (Wildman–Crippen MR) is 103 cm³/mol. The van der Waals surface area contributed by atoms with Gasteiger partial charge in [-0.3, -0.25) is 14.5 Å². The Labute approximate surface area is 154 Å². The van der Waals surface area contributed by atoms with E-state index in [0.717, 1.165) is 39.2 Å². The first kappa shape index (κ1) is 17.4. The van der Waals surface area contributed by atoms with E-state index in [1.54, 1.807) is 6.08 Å². The number of nitrogens with zero attached hydrogens (tertiary/aromatic N) is 2. The number of para-hydroxylation sites is 1. The Hall–Kier alpha value is -2.38. The summed E-state index contributed by atoms with van der Waals surface area (Å²) in [7, 11) is 0. The van der Waals surface area contributed by atoms with Gasteiger partial charge >= 0.3 is 5.97 Å². The Morgan fingerprint density at radius 2 is 1.96 bits per heavy atom. The van der Waals surface area contributed by atoms with Crippen LogP contribution in [0.5, 0.6) is 0 Å². The van der Waals surface area contributed by atoms with E-state index in [4.69, 9.17) is 17.3 Å². The zero-order valence-electron chi connectivity index (χ0n) is 13.7. The fourth-order valence-electron chi connectivity index (χ4n) is 2.75. The number of aryl methyl sites for hydroxylation is 1. The molecule has 7 heteroatoms. The molecule has 0 aliphatic carbocycles. The molecule has 0 saturated carbocycles. The topological polar surface area (TPSA) is 62.5 Å². The summed E-state index contributed by atoms with van der Waals surface area (Å²) in [6.07, 6.45) is 3.82. The number of carboxylic acid groups (broad SMARTS) is 1. The molecule has 0 unspecified atom stereocenters. The third kappa shape index (κ3) is 3.38. The van der Waals surface area contributed by atoms with Crippen molar-refractivity contribution in [3.63, 3.8) is 0 Å². The lowest BCUT2D eigenvalue weighted by molar-refractivity contribution is -0.140. The van der Waals surface area contributed by atoms with Gasteiger partial charge in [-0.25, -0.2) is 0 Å². The van der Waals surface area contributed by atoms with Crippen molar-refractivity contribution in [2.75, 3.05) is 6.54 Å². The number of aliphatic carboxylic acids is 1. The normalized spacial score (nSPS) is 16.1. The highest BCUT2D eigenvalue weighted by molar-refractivity contribution is 8.26. The van der Waals surface area contributed by atoms with Gasteiger partial charge in [-0.1, -0.05) is 42.2 Å². The van der Waals surface area contributed by atoms with Crippen LogP contribution in [-0.4, -0.2) is 37.3 Å². The average molecular weight is 372 g/mol. The molecule has 1 aromatic heterocycles. The number of rotatable bonds is 4. The van der Waals surface area contributed by atoms with Gasteiger partial charge < -0.3 is 9.67 Å². The predicted octanol–water partition coefficient (Wildman–Crippen LogP) is 3.38. The van der Waals surface area contributed by atoms with Crippen LogP contribution in [0.1, 0.15) is 16.8 Å². The molecule has 0 radical (unpaired) electrons. The second-order valence-electron chi connectivity index (χ2n) is 5.68. The highest BCUT2D eigenvalue weighted by Crippen LogP contribution is 2.34. The molecule has 3 rings (SSSR count).